The van der Waals surface area contributed by atoms with Gasteiger partial charge in [0.05, 0.1) is 5.69 Å². The van der Waals surface area contributed by atoms with Crippen molar-refractivity contribution in [1.82, 2.24) is 0 Å². The van der Waals surface area contributed by atoms with Gasteiger partial charge in [0.25, 0.3) is 0 Å². The van der Waals surface area contributed by atoms with Gasteiger partial charge < -0.3 is 5.32 Å². The molecular formula is C16H14FNO. The Morgan fingerprint density at radius 2 is 1.95 bits per heavy atom. The highest BCUT2D eigenvalue weighted by Gasteiger charge is 2.02. The molecular weight excluding hydrogens is 241 g/mol. The third-order valence-corrected chi connectivity index (χ3v) is 2.60. The number of halogens is 1. The molecule has 0 aliphatic heterocycles. The maximum Gasteiger partial charge on any atom is 0.248 e. The van der Waals surface area contributed by atoms with Crippen LogP contribution in [-0.2, 0) is 4.79 Å². The van der Waals surface area contributed by atoms with E-state index in [-0.39, 0.29) is 11.6 Å². The maximum absolute atomic E-state index is 13.3. The van der Waals surface area contributed by atoms with Crippen molar-refractivity contribution in [3.8, 4) is 0 Å². The van der Waals surface area contributed by atoms with Gasteiger partial charge in [0, 0.05) is 6.08 Å². The lowest BCUT2D eigenvalue weighted by Gasteiger charge is -2.02. The highest BCUT2D eigenvalue weighted by atomic mass is 19.1. The van der Waals surface area contributed by atoms with E-state index in [4.69, 9.17) is 0 Å². The number of carbonyl (C=O) groups excluding carboxylic acids is 1. The summed E-state index contributed by atoms with van der Waals surface area (Å²) in [6.45, 7) is 1.98. The van der Waals surface area contributed by atoms with Crippen LogP contribution in [0.1, 0.15) is 11.1 Å². The van der Waals surface area contributed by atoms with Crippen LogP contribution in [0.15, 0.2) is 54.6 Å². The van der Waals surface area contributed by atoms with Crippen molar-refractivity contribution in [1.29, 1.82) is 0 Å². The molecule has 2 nitrogen and oxygen atoms in total. The van der Waals surface area contributed by atoms with E-state index >= 15 is 0 Å². The standard InChI is InChI=1S/C16H14FNO/c1-12-5-4-6-13(11-12)9-10-16(19)18-15-8-3-2-7-14(15)17/h2-11H,1H3,(H,18,19)/b10-9+. The molecule has 0 unspecified atom stereocenters. The molecule has 0 aliphatic rings. The number of anilines is 1. The molecule has 0 heterocycles. The number of hydrogen-bond donors (Lipinski definition) is 1. The number of para-hydroxylation sites is 1. The lowest BCUT2D eigenvalue weighted by molar-refractivity contribution is -0.111. The summed E-state index contributed by atoms with van der Waals surface area (Å²) >= 11 is 0. The molecule has 19 heavy (non-hydrogen) atoms. The fourth-order valence-electron chi connectivity index (χ4n) is 1.68. The summed E-state index contributed by atoms with van der Waals surface area (Å²) in [6.07, 6.45) is 3.09. The summed E-state index contributed by atoms with van der Waals surface area (Å²) in [6, 6.07) is 13.8. The molecule has 0 aromatic heterocycles. The van der Waals surface area contributed by atoms with Crippen LogP contribution in [0.5, 0.6) is 0 Å². The third kappa shape index (κ3) is 3.78. The van der Waals surface area contributed by atoms with Crippen molar-refractivity contribution >= 4 is 17.7 Å². The summed E-state index contributed by atoms with van der Waals surface area (Å²) in [4.78, 5) is 11.7. The van der Waals surface area contributed by atoms with Crippen LogP contribution < -0.4 is 5.32 Å². The van der Waals surface area contributed by atoms with Gasteiger partial charge in [-0.3, -0.25) is 4.79 Å². The van der Waals surface area contributed by atoms with Gasteiger partial charge in [0.1, 0.15) is 5.82 Å². The smallest absolute Gasteiger partial charge is 0.248 e. The van der Waals surface area contributed by atoms with E-state index in [1.54, 1.807) is 18.2 Å². The lowest BCUT2D eigenvalue weighted by Crippen LogP contribution is -2.08. The second-order valence-electron chi connectivity index (χ2n) is 4.22. The SMILES string of the molecule is Cc1cccc(/C=C/C(=O)Nc2ccccc2F)c1. The van der Waals surface area contributed by atoms with Crippen LogP contribution in [0.25, 0.3) is 6.08 Å². The summed E-state index contributed by atoms with van der Waals surface area (Å²) < 4.78 is 13.3. The van der Waals surface area contributed by atoms with E-state index in [0.717, 1.165) is 11.1 Å². The van der Waals surface area contributed by atoms with Crippen LogP contribution in [0.3, 0.4) is 0 Å². The van der Waals surface area contributed by atoms with Crippen LogP contribution in [0.4, 0.5) is 10.1 Å². The van der Waals surface area contributed by atoms with Gasteiger partial charge in [-0.15, -0.1) is 0 Å². The van der Waals surface area contributed by atoms with Crippen molar-refractivity contribution in [3.63, 3.8) is 0 Å². The Kier molecular flexibility index (Phi) is 4.08. The molecule has 0 saturated carbocycles. The molecule has 0 aliphatic carbocycles. The van der Waals surface area contributed by atoms with Gasteiger partial charge in [-0.05, 0) is 30.7 Å². The molecule has 0 radical (unpaired) electrons. The average Bonchev–Trinajstić information content (AvgIpc) is 2.39. The average molecular weight is 255 g/mol. The Hall–Kier alpha value is -2.42. The minimum atomic E-state index is -0.445. The van der Waals surface area contributed by atoms with Crippen molar-refractivity contribution in [3.05, 3.63) is 71.6 Å². The molecule has 0 saturated heterocycles. The molecule has 1 N–H and O–H groups in total. The van der Waals surface area contributed by atoms with E-state index in [2.05, 4.69) is 5.32 Å². The van der Waals surface area contributed by atoms with Crippen LogP contribution >= 0.6 is 0 Å². The predicted molar refractivity (Wildman–Crippen MR) is 75.2 cm³/mol. The zero-order valence-electron chi connectivity index (χ0n) is 10.6. The van der Waals surface area contributed by atoms with Crippen LogP contribution in [0, 0.1) is 12.7 Å². The molecule has 2 aromatic carbocycles. The topological polar surface area (TPSA) is 29.1 Å². The first kappa shape index (κ1) is 13.0. The van der Waals surface area contributed by atoms with E-state index in [0.29, 0.717) is 0 Å². The predicted octanol–water partition coefficient (Wildman–Crippen LogP) is 3.79. The van der Waals surface area contributed by atoms with E-state index < -0.39 is 5.82 Å². The fourth-order valence-corrected chi connectivity index (χ4v) is 1.68. The molecule has 3 heteroatoms. The summed E-state index contributed by atoms with van der Waals surface area (Å²) in [5, 5.41) is 2.49. The zero-order valence-corrected chi connectivity index (χ0v) is 10.6. The summed E-state index contributed by atoms with van der Waals surface area (Å²) in [7, 11) is 0. The number of benzene rings is 2. The molecule has 0 spiro atoms. The van der Waals surface area contributed by atoms with Crippen molar-refractivity contribution < 1.29 is 9.18 Å². The first-order valence-corrected chi connectivity index (χ1v) is 5.95. The van der Waals surface area contributed by atoms with Gasteiger partial charge in [-0.1, -0.05) is 42.0 Å². The minimum Gasteiger partial charge on any atom is -0.320 e. The largest absolute Gasteiger partial charge is 0.320 e. The summed E-state index contributed by atoms with van der Waals surface area (Å²) in [5.41, 5.74) is 2.24. The number of rotatable bonds is 3. The highest BCUT2D eigenvalue weighted by Crippen LogP contribution is 2.12. The quantitative estimate of drug-likeness (QED) is 0.831. The number of carbonyl (C=O) groups is 1. The van der Waals surface area contributed by atoms with Gasteiger partial charge in [-0.25, -0.2) is 4.39 Å². The minimum absolute atomic E-state index is 0.182. The highest BCUT2D eigenvalue weighted by molar-refractivity contribution is 6.01. The maximum atomic E-state index is 13.3. The van der Waals surface area contributed by atoms with Gasteiger partial charge in [0.2, 0.25) is 5.91 Å². The second kappa shape index (κ2) is 5.96. The number of amides is 1. The Morgan fingerprint density at radius 1 is 1.16 bits per heavy atom. The van der Waals surface area contributed by atoms with Crippen LogP contribution in [0.2, 0.25) is 0 Å². The Bertz CT molecular complexity index is 620. The molecule has 0 atom stereocenters. The molecule has 2 aromatic rings. The van der Waals surface area contributed by atoms with Gasteiger partial charge >= 0.3 is 0 Å². The zero-order chi connectivity index (χ0) is 13.7. The molecule has 0 bridgehead atoms. The second-order valence-corrected chi connectivity index (χ2v) is 4.22. The fraction of sp³-hybridized carbons (Fsp3) is 0.0625. The molecule has 1 amide bonds. The third-order valence-electron chi connectivity index (χ3n) is 2.60. The van der Waals surface area contributed by atoms with E-state index in [1.807, 2.05) is 31.2 Å². The Labute approximate surface area is 111 Å². The summed E-state index contributed by atoms with van der Waals surface area (Å²) in [5.74, 6) is -0.800. The van der Waals surface area contributed by atoms with Gasteiger partial charge in [-0.2, -0.15) is 0 Å². The van der Waals surface area contributed by atoms with E-state index in [1.165, 1.54) is 18.2 Å². The molecule has 96 valence electrons. The number of aryl methyl sites for hydroxylation is 1. The van der Waals surface area contributed by atoms with Gasteiger partial charge in [0.15, 0.2) is 0 Å². The lowest BCUT2D eigenvalue weighted by atomic mass is 10.1. The normalized spacial score (nSPS) is 10.6. The van der Waals surface area contributed by atoms with Crippen molar-refractivity contribution in [2.75, 3.05) is 5.32 Å². The van der Waals surface area contributed by atoms with E-state index in [9.17, 15) is 9.18 Å². The van der Waals surface area contributed by atoms with Crippen LogP contribution in [-0.4, -0.2) is 5.91 Å². The Morgan fingerprint density at radius 3 is 2.68 bits per heavy atom. The monoisotopic (exact) mass is 255 g/mol. The van der Waals surface area contributed by atoms with Crippen molar-refractivity contribution in [2.45, 2.75) is 6.92 Å². The number of nitrogens with one attached hydrogen (secondary N) is 1. The van der Waals surface area contributed by atoms with Crippen molar-refractivity contribution in [2.24, 2.45) is 0 Å². The molecule has 2 rings (SSSR count). The molecule has 0 fully saturated rings. The first-order valence-electron chi connectivity index (χ1n) is 5.95. The number of hydrogen-bond acceptors (Lipinski definition) is 1. The Balaban J connectivity index is 2.04. The first-order chi connectivity index (χ1) is 9.15.